The van der Waals surface area contributed by atoms with Gasteiger partial charge in [-0.05, 0) is 38.3 Å². The van der Waals surface area contributed by atoms with Crippen molar-refractivity contribution in [3.63, 3.8) is 0 Å². The first-order valence-corrected chi connectivity index (χ1v) is 7.97. The lowest BCUT2D eigenvalue weighted by Gasteiger charge is -2.21. The fraction of sp³-hybridized carbons (Fsp3) is 0.647. The Labute approximate surface area is 128 Å². The summed E-state index contributed by atoms with van der Waals surface area (Å²) in [6.45, 7) is 7.50. The highest BCUT2D eigenvalue weighted by atomic mass is 16.5. The summed E-state index contributed by atoms with van der Waals surface area (Å²) in [5, 5.41) is 13.5. The summed E-state index contributed by atoms with van der Waals surface area (Å²) in [6.07, 6.45) is 2.66. The molecule has 1 aliphatic rings. The number of likely N-dealkylation sites (N-methyl/N-ethyl adjacent to an activating group) is 1. The second-order valence-electron chi connectivity index (χ2n) is 5.96. The van der Waals surface area contributed by atoms with Crippen LogP contribution in [0.5, 0.6) is 5.75 Å². The van der Waals surface area contributed by atoms with E-state index in [-0.39, 0.29) is 6.04 Å². The molecular weight excluding hydrogens is 264 g/mol. The third-order valence-corrected chi connectivity index (χ3v) is 4.05. The van der Waals surface area contributed by atoms with Crippen LogP contribution in [0.25, 0.3) is 0 Å². The van der Waals surface area contributed by atoms with Crippen LogP contribution in [0.3, 0.4) is 0 Å². The normalized spacial score (nSPS) is 16.0. The highest BCUT2D eigenvalue weighted by Gasteiger charge is 2.21. The van der Waals surface area contributed by atoms with E-state index in [9.17, 15) is 5.11 Å². The number of nitrogens with one attached hydrogen (secondary N) is 1. The van der Waals surface area contributed by atoms with Crippen LogP contribution in [-0.4, -0.2) is 38.5 Å². The predicted octanol–water partition coefficient (Wildman–Crippen LogP) is 2.93. The van der Waals surface area contributed by atoms with Crippen LogP contribution >= 0.6 is 0 Å². The maximum atomic E-state index is 10.2. The number of ether oxygens (including phenoxy) is 1. The van der Waals surface area contributed by atoms with Gasteiger partial charge >= 0.3 is 0 Å². The van der Waals surface area contributed by atoms with E-state index in [2.05, 4.69) is 30.1 Å². The zero-order valence-corrected chi connectivity index (χ0v) is 13.4. The minimum absolute atomic E-state index is 0.163. The second kappa shape index (κ2) is 7.66. The Kier molecular flexibility index (Phi) is 5.88. The summed E-state index contributed by atoms with van der Waals surface area (Å²) in [7, 11) is 2.03. The van der Waals surface area contributed by atoms with E-state index in [0.29, 0.717) is 5.75 Å². The number of rotatable bonds is 9. The third-order valence-electron chi connectivity index (χ3n) is 4.05. The fourth-order valence-corrected chi connectivity index (χ4v) is 2.42. The van der Waals surface area contributed by atoms with E-state index in [4.69, 9.17) is 4.74 Å². The van der Waals surface area contributed by atoms with Crippen molar-refractivity contribution in [3.05, 3.63) is 23.8 Å². The van der Waals surface area contributed by atoms with Crippen molar-refractivity contribution < 1.29 is 9.84 Å². The molecule has 21 heavy (non-hydrogen) atoms. The van der Waals surface area contributed by atoms with Gasteiger partial charge in [0.15, 0.2) is 0 Å². The van der Waals surface area contributed by atoms with Crippen LogP contribution in [0.15, 0.2) is 18.2 Å². The average Bonchev–Trinajstić information content (AvgIpc) is 3.27. The topological polar surface area (TPSA) is 44.7 Å². The number of hydrogen-bond donors (Lipinski definition) is 2. The lowest BCUT2D eigenvalue weighted by molar-refractivity contribution is 0.131. The Bertz CT molecular complexity index is 446. The smallest absolute Gasteiger partial charge is 0.122 e. The van der Waals surface area contributed by atoms with Gasteiger partial charge in [0.25, 0.3) is 0 Å². The maximum absolute atomic E-state index is 10.2. The van der Waals surface area contributed by atoms with E-state index >= 15 is 0 Å². The SMILES string of the molecule is CCNC(C)c1ccc(N(C)CCOCC2CC2)cc1O. The van der Waals surface area contributed by atoms with Crippen molar-refractivity contribution in [1.29, 1.82) is 0 Å². The fourth-order valence-electron chi connectivity index (χ4n) is 2.42. The van der Waals surface area contributed by atoms with Crippen LogP contribution < -0.4 is 10.2 Å². The standard InChI is InChI=1S/C17H28N2O2/c1-4-18-13(2)16-8-7-15(11-17(16)20)19(3)9-10-21-12-14-5-6-14/h7-8,11,13-14,18,20H,4-6,9-10,12H2,1-3H3. The summed E-state index contributed by atoms with van der Waals surface area (Å²) in [5.74, 6) is 1.16. The molecule has 0 heterocycles. The number of hydrogen-bond acceptors (Lipinski definition) is 4. The Morgan fingerprint density at radius 3 is 2.81 bits per heavy atom. The number of nitrogens with zero attached hydrogens (tertiary/aromatic N) is 1. The van der Waals surface area contributed by atoms with Crippen LogP contribution in [0, 0.1) is 5.92 Å². The van der Waals surface area contributed by atoms with Crippen molar-refractivity contribution in [1.82, 2.24) is 5.32 Å². The summed E-state index contributed by atoms with van der Waals surface area (Å²) >= 11 is 0. The van der Waals surface area contributed by atoms with Gasteiger partial charge in [0.05, 0.1) is 6.61 Å². The molecule has 0 aromatic heterocycles. The molecule has 1 aromatic carbocycles. The molecule has 4 nitrogen and oxygen atoms in total. The number of benzene rings is 1. The molecule has 0 amide bonds. The molecule has 4 heteroatoms. The first-order chi connectivity index (χ1) is 10.1. The van der Waals surface area contributed by atoms with E-state index in [1.54, 1.807) is 0 Å². The second-order valence-corrected chi connectivity index (χ2v) is 5.96. The predicted molar refractivity (Wildman–Crippen MR) is 87.0 cm³/mol. The zero-order chi connectivity index (χ0) is 15.2. The monoisotopic (exact) mass is 292 g/mol. The van der Waals surface area contributed by atoms with Gasteiger partial charge in [0.2, 0.25) is 0 Å². The summed E-state index contributed by atoms with van der Waals surface area (Å²) < 4.78 is 5.66. The zero-order valence-electron chi connectivity index (χ0n) is 13.4. The lowest BCUT2D eigenvalue weighted by atomic mass is 10.1. The van der Waals surface area contributed by atoms with Crippen molar-refractivity contribution >= 4 is 5.69 Å². The van der Waals surface area contributed by atoms with Crippen LogP contribution in [0.2, 0.25) is 0 Å². The number of aromatic hydroxyl groups is 1. The van der Waals surface area contributed by atoms with Gasteiger partial charge in [-0.3, -0.25) is 0 Å². The Morgan fingerprint density at radius 1 is 1.43 bits per heavy atom. The number of phenols is 1. The first-order valence-electron chi connectivity index (χ1n) is 7.97. The lowest BCUT2D eigenvalue weighted by Crippen LogP contribution is -2.23. The molecule has 1 aromatic rings. The van der Waals surface area contributed by atoms with Gasteiger partial charge in [0, 0.05) is 43.6 Å². The van der Waals surface area contributed by atoms with Gasteiger partial charge in [-0.1, -0.05) is 13.0 Å². The molecule has 118 valence electrons. The van der Waals surface area contributed by atoms with E-state index in [1.165, 1.54) is 12.8 Å². The molecule has 0 aliphatic heterocycles. The Balaban J connectivity index is 1.85. The molecule has 0 bridgehead atoms. The van der Waals surface area contributed by atoms with Gasteiger partial charge in [-0.2, -0.15) is 0 Å². The van der Waals surface area contributed by atoms with E-state index in [0.717, 1.165) is 43.5 Å². The van der Waals surface area contributed by atoms with Crippen LogP contribution in [0.4, 0.5) is 5.69 Å². The van der Waals surface area contributed by atoms with Crippen LogP contribution in [0.1, 0.15) is 38.3 Å². The molecule has 1 aliphatic carbocycles. The molecule has 2 rings (SSSR count). The van der Waals surface area contributed by atoms with Gasteiger partial charge in [-0.25, -0.2) is 0 Å². The van der Waals surface area contributed by atoms with Crippen LogP contribution in [-0.2, 0) is 4.74 Å². The largest absolute Gasteiger partial charge is 0.508 e. The van der Waals surface area contributed by atoms with Gasteiger partial charge in [0.1, 0.15) is 5.75 Å². The first kappa shape index (κ1) is 16.1. The maximum Gasteiger partial charge on any atom is 0.122 e. The number of phenolic OH excluding ortho intramolecular Hbond substituents is 1. The highest BCUT2D eigenvalue weighted by molar-refractivity contribution is 5.53. The quantitative estimate of drug-likeness (QED) is 0.687. The van der Waals surface area contributed by atoms with Crippen molar-refractivity contribution in [2.24, 2.45) is 5.92 Å². The summed E-state index contributed by atoms with van der Waals surface area (Å²) in [6, 6.07) is 6.06. The van der Waals surface area contributed by atoms with Crippen molar-refractivity contribution in [2.75, 3.05) is 38.3 Å². The third kappa shape index (κ3) is 4.90. The molecule has 1 atom stereocenters. The number of anilines is 1. The summed E-state index contributed by atoms with van der Waals surface area (Å²) in [5.41, 5.74) is 1.97. The molecule has 0 saturated heterocycles. The van der Waals surface area contributed by atoms with Gasteiger partial charge < -0.3 is 20.1 Å². The van der Waals surface area contributed by atoms with Crippen molar-refractivity contribution in [3.8, 4) is 5.75 Å². The van der Waals surface area contributed by atoms with E-state index < -0.39 is 0 Å². The molecule has 2 N–H and O–H groups in total. The molecule has 1 unspecified atom stereocenters. The molecule has 0 radical (unpaired) electrons. The molecule has 1 fully saturated rings. The molecule has 1 saturated carbocycles. The minimum atomic E-state index is 0.163. The minimum Gasteiger partial charge on any atom is -0.508 e. The van der Waals surface area contributed by atoms with Crippen molar-refractivity contribution in [2.45, 2.75) is 32.7 Å². The Hall–Kier alpha value is -1.26. The van der Waals surface area contributed by atoms with E-state index in [1.807, 2.05) is 19.2 Å². The van der Waals surface area contributed by atoms with Gasteiger partial charge in [-0.15, -0.1) is 0 Å². The Morgan fingerprint density at radius 2 is 2.19 bits per heavy atom. The molecule has 0 spiro atoms. The summed E-state index contributed by atoms with van der Waals surface area (Å²) in [4.78, 5) is 2.12. The molecular formula is C17H28N2O2. The highest BCUT2D eigenvalue weighted by Crippen LogP contribution is 2.29. The average molecular weight is 292 g/mol.